The van der Waals surface area contributed by atoms with Crippen LogP contribution in [0.1, 0.15) is 29.2 Å². The third-order valence-corrected chi connectivity index (χ3v) is 8.03. The Morgan fingerprint density at radius 2 is 2.07 bits per heavy atom. The summed E-state index contributed by atoms with van der Waals surface area (Å²) in [4.78, 5) is 22.9. The molecular weight excluding hydrogens is 410 g/mol. The summed E-state index contributed by atoms with van der Waals surface area (Å²) in [5.41, 5.74) is 2.54. The number of carbonyl (C=O) groups excluding carboxylic acids is 1. The van der Waals surface area contributed by atoms with E-state index in [0.29, 0.717) is 17.1 Å². The molecule has 8 nitrogen and oxygen atoms in total. The van der Waals surface area contributed by atoms with Gasteiger partial charge in [-0.1, -0.05) is 0 Å². The predicted octanol–water partition coefficient (Wildman–Crippen LogP) is 2.34. The van der Waals surface area contributed by atoms with Crippen LogP contribution in [-0.4, -0.2) is 47.3 Å². The van der Waals surface area contributed by atoms with Crippen LogP contribution in [-0.2, 0) is 41.1 Å². The number of carbonyl (C=O) groups is 1. The Hall–Kier alpha value is -2.30. The van der Waals surface area contributed by atoms with Crippen molar-refractivity contribution < 1.29 is 13.2 Å². The first-order valence-electron chi connectivity index (χ1n) is 9.42. The van der Waals surface area contributed by atoms with E-state index in [4.69, 9.17) is 0 Å². The van der Waals surface area contributed by atoms with Gasteiger partial charge in [-0.3, -0.25) is 4.79 Å². The molecule has 1 aliphatic carbocycles. The number of nitrogens with one attached hydrogen (secondary N) is 1. The molecule has 0 unspecified atom stereocenters. The Morgan fingerprint density at radius 1 is 1.28 bits per heavy atom. The van der Waals surface area contributed by atoms with Crippen molar-refractivity contribution in [3.05, 3.63) is 34.6 Å². The van der Waals surface area contributed by atoms with Gasteiger partial charge < -0.3 is 9.88 Å². The van der Waals surface area contributed by atoms with Gasteiger partial charge in [-0.15, -0.1) is 11.3 Å². The molecule has 2 aromatic heterocycles. The number of hydrogen-bond acceptors (Lipinski definition) is 6. The van der Waals surface area contributed by atoms with Crippen molar-refractivity contribution in [3.8, 4) is 0 Å². The third-order valence-electron chi connectivity index (χ3n) is 5.14. The Kier molecular flexibility index (Phi) is 5.18. The molecule has 0 atom stereocenters. The number of thiazole rings is 1. The first-order valence-corrected chi connectivity index (χ1v) is 11.7. The third kappa shape index (κ3) is 3.79. The maximum atomic E-state index is 12.3. The largest absolute Gasteiger partial charge is 0.331 e. The second-order valence-corrected chi connectivity index (χ2v) is 10.6. The van der Waals surface area contributed by atoms with Gasteiger partial charge in [-0.25, -0.2) is 22.7 Å². The average molecular weight is 434 g/mol. The SMILES string of the molecule is CN(C)S(=O)(=O)c1ccc2c(c1)nc(CCC(=O)Nc1nc3c(s1)CCC3)n2C. The second kappa shape index (κ2) is 7.51. The van der Waals surface area contributed by atoms with E-state index >= 15 is 0 Å². The highest BCUT2D eigenvalue weighted by Gasteiger charge is 2.20. The summed E-state index contributed by atoms with van der Waals surface area (Å²) >= 11 is 1.56. The van der Waals surface area contributed by atoms with Crippen molar-refractivity contribution >= 4 is 43.4 Å². The summed E-state index contributed by atoms with van der Waals surface area (Å²) < 4.78 is 27.8. The number of aryl methyl sites for hydroxylation is 4. The van der Waals surface area contributed by atoms with Crippen molar-refractivity contribution in [3.63, 3.8) is 0 Å². The molecule has 0 saturated heterocycles. The molecule has 0 spiro atoms. The van der Waals surface area contributed by atoms with E-state index in [1.54, 1.807) is 29.5 Å². The summed E-state index contributed by atoms with van der Waals surface area (Å²) in [6.45, 7) is 0. The number of aromatic nitrogens is 3. The second-order valence-electron chi connectivity index (χ2n) is 7.32. The zero-order chi connectivity index (χ0) is 20.8. The molecule has 29 heavy (non-hydrogen) atoms. The Balaban J connectivity index is 1.47. The maximum absolute atomic E-state index is 12.3. The molecule has 3 aromatic rings. The zero-order valence-corrected chi connectivity index (χ0v) is 18.2. The molecule has 0 aliphatic heterocycles. The van der Waals surface area contributed by atoms with Crippen LogP contribution in [0.5, 0.6) is 0 Å². The number of anilines is 1. The van der Waals surface area contributed by atoms with E-state index in [1.807, 2.05) is 11.6 Å². The van der Waals surface area contributed by atoms with Gasteiger partial charge in [0, 0.05) is 38.9 Å². The number of rotatable bonds is 6. The van der Waals surface area contributed by atoms with Gasteiger partial charge in [0.25, 0.3) is 0 Å². The van der Waals surface area contributed by atoms with Crippen molar-refractivity contribution in [2.24, 2.45) is 7.05 Å². The first-order chi connectivity index (χ1) is 13.8. The lowest BCUT2D eigenvalue weighted by Gasteiger charge is -2.10. The van der Waals surface area contributed by atoms with Crippen LogP contribution in [0.4, 0.5) is 5.13 Å². The fraction of sp³-hybridized carbons (Fsp3) is 0.421. The predicted molar refractivity (Wildman–Crippen MR) is 113 cm³/mol. The number of hydrogen-bond donors (Lipinski definition) is 1. The first kappa shape index (κ1) is 20.0. The van der Waals surface area contributed by atoms with Crippen molar-refractivity contribution in [2.75, 3.05) is 19.4 Å². The number of amides is 1. The molecule has 1 aromatic carbocycles. The summed E-state index contributed by atoms with van der Waals surface area (Å²) in [7, 11) is 1.35. The lowest BCUT2D eigenvalue weighted by atomic mass is 10.3. The highest BCUT2D eigenvalue weighted by Crippen LogP contribution is 2.30. The van der Waals surface area contributed by atoms with Crippen molar-refractivity contribution in [1.29, 1.82) is 0 Å². The average Bonchev–Trinajstić information content (AvgIpc) is 3.33. The minimum atomic E-state index is -3.52. The van der Waals surface area contributed by atoms with E-state index in [2.05, 4.69) is 15.3 Å². The van der Waals surface area contributed by atoms with Crippen LogP contribution < -0.4 is 5.32 Å². The molecule has 0 radical (unpaired) electrons. The zero-order valence-electron chi connectivity index (χ0n) is 16.6. The Labute approximate surface area is 173 Å². The van der Waals surface area contributed by atoms with E-state index < -0.39 is 10.0 Å². The summed E-state index contributed by atoms with van der Waals surface area (Å²) in [5, 5.41) is 3.55. The van der Waals surface area contributed by atoms with Crippen LogP contribution >= 0.6 is 11.3 Å². The van der Waals surface area contributed by atoms with E-state index in [0.717, 1.165) is 36.3 Å². The molecule has 4 rings (SSSR count). The highest BCUT2D eigenvalue weighted by atomic mass is 32.2. The van der Waals surface area contributed by atoms with Gasteiger partial charge in [-0.2, -0.15) is 0 Å². The topological polar surface area (TPSA) is 97.2 Å². The van der Waals surface area contributed by atoms with Crippen molar-refractivity contribution in [2.45, 2.75) is 37.0 Å². The quantitative estimate of drug-likeness (QED) is 0.644. The van der Waals surface area contributed by atoms with Crippen LogP contribution in [0.15, 0.2) is 23.1 Å². The molecule has 10 heteroatoms. The number of sulfonamides is 1. The monoisotopic (exact) mass is 433 g/mol. The molecule has 0 saturated carbocycles. The standard InChI is InChI=1S/C19H23N5O3S2/c1-23(2)29(26,27)12-7-8-15-14(11-12)20-17(24(15)3)9-10-18(25)22-19-21-13-5-4-6-16(13)28-19/h7-8,11H,4-6,9-10H2,1-3H3,(H,21,22,25). The normalized spacial score (nSPS) is 13.9. The molecule has 0 fully saturated rings. The minimum absolute atomic E-state index is 0.0969. The van der Waals surface area contributed by atoms with Gasteiger partial charge >= 0.3 is 0 Å². The van der Waals surface area contributed by atoms with Crippen LogP contribution in [0.3, 0.4) is 0 Å². The van der Waals surface area contributed by atoms with Crippen LogP contribution in [0.25, 0.3) is 11.0 Å². The highest BCUT2D eigenvalue weighted by molar-refractivity contribution is 7.89. The van der Waals surface area contributed by atoms with E-state index in [9.17, 15) is 13.2 Å². The van der Waals surface area contributed by atoms with Gasteiger partial charge in [0.15, 0.2) is 5.13 Å². The van der Waals surface area contributed by atoms with Gasteiger partial charge in [0.05, 0.1) is 21.6 Å². The molecule has 1 N–H and O–H groups in total. The lowest BCUT2D eigenvalue weighted by molar-refractivity contribution is -0.116. The van der Waals surface area contributed by atoms with Crippen molar-refractivity contribution in [1.82, 2.24) is 18.8 Å². The molecule has 1 amide bonds. The van der Waals surface area contributed by atoms with E-state index in [1.165, 1.54) is 23.3 Å². The summed E-state index contributed by atoms with van der Waals surface area (Å²) in [6, 6.07) is 4.90. The maximum Gasteiger partial charge on any atom is 0.242 e. The fourth-order valence-corrected chi connectivity index (χ4v) is 5.46. The van der Waals surface area contributed by atoms with Gasteiger partial charge in [-0.05, 0) is 37.5 Å². The Morgan fingerprint density at radius 3 is 2.79 bits per heavy atom. The summed E-state index contributed by atoms with van der Waals surface area (Å²) in [5.74, 6) is 0.636. The molecule has 1 aliphatic rings. The number of imidazole rings is 1. The molecule has 154 valence electrons. The number of fused-ring (bicyclic) bond motifs is 2. The molecule has 2 heterocycles. The van der Waals surface area contributed by atoms with Crippen LogP contribution in [0, 0.1) is 0 Å². The Bertz CT molecular complexity index is 1170. The smallest absolute Gasteiger partial charge is 0.242 e. The van der Waals surface area contributed by atoms with E-state index in [-0.39, 0.29) is 17.2 Å². The minimum Gasteiger partial charge on any atom is -0.331 e. The number of benzene rings is 1. The summed E-state index contributed by atoms with van der Waals surface area (Å²) in [6.07, 6.45) is 3.93. The van der Waals surface area contributed by atoms with Gasteiger partial charge in [0.2, 0.25) is 15.9 Å². The van der Waals surface area contributed by atoms with Crippen LogP contribution in [0.2, 0.25) is 0 Å². The lowest BCUT2D eigenvalue weighted by Crippen LogP contribution is -2.22. The molecule has 0 bridgehead atoms. The molecular formula is C19H23N5O3S2. The van der Waals surface area contributed by atoms with Gasteiger partial charge in [0.1, 0.15) is 5.82 Å². The fourth-order valence-electron chi connectivity index (χ4n) is 3.48. The number of nitrogens with zero attached hydrogens (tertiary/aromatic N) is 4.